The minimum atomic E-state index is -2.99. The molecule has 3 aromatic carbocycles. The Kier molecular flexibility index (Phi) is 10.5. The van der Waals surface area contributed by atoms with Gasteiger partial charge in [0.25, 0.3) is 0 Å². The lowest BCUT2D eigenvalue weighted by atomic mass is 9.94. The molecule has 0 radical (unpaired) electrons. The van der Waals surface area contributed by atoms with Crippen molar-refractivity contribution in [1.82, 2.24) is 0 Å². The Morgan fingerprint density at radius 3 is 2.26 bits per heavy atom. The van der Waals surface area contributed by atoms with E-state index in [0.717, 1.165) is 39.1 Å². The molecular formula is C30H34O6S2. The minimum Gasteiger partial charge on any atom is -0.494 e. The summed E-state index contributed by atoms with van der Waals surface area (Å²) in [5, 5.41) is 0. The van der Waals surface area contributed by atoms with E-state index in [-0.39, 0.29) is 17.4 Å². The van der Waals surface area contributed by atoms with E-state index in [1.807, 2.05) is 62.4 Å². The van der Waals surface area contributed by atoms with Crippen molar-refractivity contribution in [3.63, 3.8) is 0 Å². The van der Waals surface area contributed by atoms with E-state index < -0.39 is 20.9 Å². The van der Waals surface area contributed by atoms with Crippen molar-refractivity contribution in [3.05, 3.63) is 82.9 Å². The number of benzene rings is 3. The Balaban J connectivity index is 1.67. The molecule has 202 valence electrons. The summed E-state index contributed by atoms with van der Waals surface area (Å²) in [5.41, 5.74) is 6.26. The van der Waals surface area contributed by atoms with Gasteiger partial charge in [0.15, 0.2) is 11.1 Å². The molecule has 6 nitrogen and oxygen atoms in total. The first-order valence-corrected chi connectivity index (χ1v) is 15.6. The number of sulfone groups is 1. The Bertz CT molecular complexity index is 1410. The average molecular weight is 555 g/mol. The van der Waals surface area contributed by atoms with Gasteiger partial charge in [-0.1, -0.05) is 36.3 Å². The molecule has 0 amide bonds. The maximum absolute atomic E-state index is 11.3. The van der Waals surface area contributed by atoms with Gasteiger partial charge in [-0.25, -0.2) is 12.6 Å². The molecule has 0 aromatic heterocycles. The molecule has 8 heteroatoms. The van der Waals surface area contributed by atoms with Gasteiger partial charge < -0.3 is 14.0 Å². The van der Waals surface area contributed by atoms with Gasteiger partial charge in [-0.15, -0.1) is 5.92 Å². The molecule has 0 aliphatic heterocycles. The summed E-state index contributed by atoms with van der Waals surface area (Å²) in [6.45, 7) is 6.55. The van der Waals surface area contributed by atoms with Gasteiger partial charge in [-0.05, 0) is 90.9 Å². The van der Waals surface area contributed by atoms with E-state index in [1.165, 1.54) is 6.26 Å². The maximum atomic E-state index is 11.3. The Hall–Kier alpha value is -3.12. The first kappa shape index (κ1) is 29.4. The van der Waals surface area contributed by atoms with Gasteiger partial charge in [0, 0.05) is 6.26 Å². The quantitative estimate of drug-likeness (QED) is 0.176. The highest BCUT2D eigenvalue weighted by atomic mass is 32.2. The largest absolute Gasteiger partial charge is 0.494 e. The molecule has 3 rings (SSSR count). The highest BCUT2D eigenvalue weighted by molar-refractivity contribution is 7.90. The number of hydrogen-bond acceptors (Lipinski definition) is 5. The van der Waals surface area contributed by atoms with Crippen LogP contribution in [0.2, 0.25) is 0 Å². The molecule has 0 bridgehead atoms. The predicted molar refractivity (Wildman–Crippen MR) is 154 cm³/mol. The van der Waals surface area contributed by atoms with E-state index in [9.17, 15) is 17.2 Å². The molecule has 1 N–H and O–H groups in total. The molecule has 2 unspecified atom stereocenters. The van der Waals surface area contributed by atoms with Crippen LogP contribution in [0.3, 0.4) is 0 Å². The third-order valence-corrected chi connectivity index (χ3v) is 7.61. The van der Waals surface area contributed by atoms with E-state index in [4.69, 9.17) is 9.47 Å². The van der Waals surface area contributed by atoms with Crippen LogP contribution in [0.25, 0.3) is 11.1 Å². The van der Waals surface area contributed by atoms with Crippen LogP contribution in [0, 0.1) is 25.7 Å². The van der Waals surface area contributed by atoms with Crippen molar-refractivity contribution in [2.45, 2.75) is 39.7 Å². The predicted octanol–water partition coefficient (Wildman–Crippen LogP) is 5.69. The van der Waals surface area contributed by atoms with E-state index >= 15 is 0 Å². The van der Waals surface area contributed by atoms with Crippen LogP contribution in [0.4, 0.5) is 0 Å². The normalized spacial score (nSPS) is 12.8. The molecule has 0 aliphatic rings. The minimum absolute atomic E-state index is 0.0724. The second-order valence-corrected chi connectivity index (χ2v) is 12.5. The number of ether oxygens (including phenoxy) is 2. The van der Waals surface area contributed by atoms with Crippen LogP contribution in [-0.4, -0.2) is 41.5 Å². The van der Waals surface area contributed by atoms with Gasteiger partial charge in [-0.2, -0.15) is 0 Å². The lowest BCUT2D eigenvalue weighted by Crippen LogP contribution is -2.08. The fraction of sp³-hybridized carbons (Fsp3) is 0.333. The van der Waals surface area contributed by atoms with Crippen LogP contribution in [0.1, 0.15) is 41.5 Å². The van der Waals surface area contributed by atoms with Crippen molar-refractivity contribution in [1.29, 1.82) is 0 Å². The van der Waals surface area contributed by atoms with Gasteiger partial charge >= 0.3 is 0 Å². The molecule has 0 heterocycles. The van der Waals surface area contributed by atoms with Crippen molar-refractivity contribution in [2.75, 3.05) is 24.4 Å². The molecule has 38 heavy (non-hydrogen) atoms. The SMILES string of the molecule is CC#CC(CS(=O)O)c1ccc(OCc2cccc(-c3c(C)cc(OCCCS(C)(=O)=O)cc3C)c2)cc1. The fourth-order valence-corrected chi connectivity index (χ4v) is 5.49. The van der Waals surface area contributed by atoms with Crippen LogP contribution in [0.5, 0.6) is 11.5 Å². The zero-order valence-corrected chi connectivity index (χ0v) is 23.8. The van der Waals surface area contributed by atoms with Crippen molar-refractivity contribution < 1.29 is 26.7 Å². The van der Waals surface area contributed by atoms with Crippen LogP contribution < -0.4 is 9.47 Å². The Morgan fingerprint density at radius 1 is 0.974 bits per heavy atom. The van der Waals surface area contributed by atoms with Crippen LogP contribution >= 0.6 is 0 Å². The van der Waals surface area contributed by atoms with E-state index in [0.29, 0.717) is 25.4 Å². The highest BCUT2D eigenvalue weighted by Gasteiger charge is 2.13. The van der Waals surface area contributed by atoms with Gasteiger partial charge in [0.05, 0.1) is 24.0 Å². The first-order valence-electron chi connectivity index (χ1n) is 12.3. The summed E-state index contributed by atoms with van der Waals surface area (Å²) in [7, 11) is -2.99. The van der Waals surface area contributed by atoms with Gasteiger partial charge in [-0.3, -0.25) is 0 Å². The molecule has 0 spiro atoms. The standard InChI is InChI=1S/C30H34O6S2/c1-5-8-27(21-37(31)32)25-11-13-28(14-12-25)36-20-24-9-6-10-26(19-24)30-22(2)17-29(18-23(30)3)35-15-7-16-38(4,33)34/h6,9-14,17-19,27H,7,15-16,20-21H2,1-4H3,(H,31,32). The smallest absolute Gasteiger partial charge is 0.154 e. The molecule has 2 atom stereocenters. The second kappa shape index (κ2) is 13.6. The highest BCUT2D eigenvalue weighted by Crippen LogP contribution is 2.32. The number of aryl methyl sites for hydroxylation is 2. The molecule has 0 saturated carbocycles. The molecule has 3 aromatic rings. The van der Waals surface area contributed by atoms with Crippen molar-refractivity contribution >= 4 is 20.9 Å². The molecular weight excluding hydrogens is 520 g/mol. The molecule has 0 aliphatic carbocycles. The summed E-state index contributed by atoms with van der Waals surface area (Å²) >= 11 is -1.92. The second-order valence-electron chi connectivity index (χ2n) is 9.26. The Morgan fingerprint density at radius 2 is 1.66 bits per heavy atom. The topological polar surface area (TPSA) is 89.9 Å². The zero-order valence-electron chi connectivity index (χ0n) is 22.2. The van der Waals surface area contributed by atoms with E-state index in [2.05, 4.69) is 24.0 Å². The maximum Gasteiger partial charge on any atom is 0.154 e. The third kappa shape index (κ3) is 9.02. The monoisotopic (exact) mass is 554 g/mol. The number of hydrogen-bond donors (Lipinski definition) is 1. The summed E-state index contributed by atoms with van der Waals surface area (Å²) in [6, 6.07) is 19.6. The molecule has 0 saturated heterocycles. The average Bonchev–Trinajstić information content (AvgIpc) is 2.85. The van der Waals surface area contributed by atoms with Crippen molar-refractivity contribution in [3.8, 4) is 34.5 Å². The summed E-state index contributed by atoms with van der Waals surface area (Å²) < 4.78 is 54.9. The number of rotatable bonds is 12. The van der Waals surface area contributed by atoms with E-state index in [1.54, 1.807) is 6.92 Å². The molecule has 0 fully saturated rings. The van der Waals surface area contributed by atoms with Crippen molar-refractivity contribution in [2.24, 2.45) is 0 Å². The summed E-state index contributed by atoms with van der Waals surface area (Å²) in [6.07, 6.45) is 1.69. The van der Waals surface area contributed by atoms with Gasteiger partial charge in [0.1, 0.15) is 27.9 Å². The fourth-order valence-electron chi connectivity index (χ4n) is 4.29. The summed E-state index contributed by atoms with van der Waals surface area (Å²) in [4.78, 5) is 0. The van der Waals surface area contributed by atoms with Gasteiger partial charge in [0.2, 0.25) is 0 Å². The first-order chi connectivity index (χ1) is 18.1. The third-order valence-electron chi connectivity index (χ3n) is 5.97. The zero-order chi connectivity index (χ0) is 27.7. The van der Waals surface area contributed by atoms with Crippen LogP contribution in [-0.2, 0) is 27.5 Å². The Labute approximate surface area is 228 Å². The lowest BCUT2D eigenvalue weighted by molar-refractivity contribution is 0.306. The summed E-state index contributed by atoms with van der Waals surface area (Å²) in [5.74, 6) is 7.14. The lowest BCUT2D eigenvalue weighted by Gasteiger charge is -2.15. The van der Waals surface area contributed by atoms with Crippen LogP contribution in [0.15, 0.2) is 60.7 Å².